The second-order valence-electron chi connectivity index (χ2n) is 7.97. The van der Waals surface area contributed by atoms with Crippen molar-refractivity contribution >= 4 is 22.7 Å². The first kappa shape index (κ1) is 20.8. The average Bonchev–Trinajstić information content (AvgIpc) is 3.28. The van der Waals surface area contributed by atoms with Crippen LogP contribution in [0.1, 0.15) is 28.6 Å². The standard InChI is InChI=1S/C24H23FN2O4/c1-26(2)12-7-13-27-21(16-9-4-5-10-17(16)25)20(23(29)24(27)30)22(28)19-14-15-8-3-6-11-18(15)31-19/h3-6,8-11,14,21,29H,7,12-13H2,1-2H3/p+1/t21-/m0/s1. The van der Waals surface area contributed by atoms with Crippen LogP contribution >= 0.6 is 0 Å². The predicted molar refractivity (Wildman–Crippen MR) is 113 cm³/mol. The molecule has 2 aromatic carbocycles. The fraction of sp³-hybridized carbons (Fsp3) is 0.250. The zero-order chi connectivity index (χ0) is 22.1. The normalized spacial score (nSPS) is 16.7. The second-order valence-corrected chi connectivity index (χ2v) is 7.97. The number of halogens is 1. The Kier molecular flexibility index (Phi) is 5.61. The number of amides is 1. The van der Waals surface area contributed by atoms with Crippen molar-refractivity contribution in [3.63, 3.8) is 0 Å². The molecule has 3 aromatic rings. The Labute approximate surface area is 179 Å². The largest absolute Gasteiger partial charge is 0.503 e. The molecule has 0 spiro atoms. The molecule has 160 valence electrons. The number of para-hydroxylation sites is 1. The molecule has 2 heterocycles. The van der Waals surface area contributed by atoms with Gasteiger partial charge in [0.1, 0.15) is 11.4 Å². The lowest BCUT2D eigenvalue weighted by molar-refractivity contribution is -0.858. The molecule has 1 amide bonds. The van der Waals surface area contributed by atoms with Crippen molar-refractivity contribution in [2.24, 2.45) is 0 Å². The van der Waals surface area contributed by atoms with Crippen molar-refractivity contribution in [2.75, 3.05) is 27.2 Å². The fourth-order valence-electron chi connectivity index (χ4n) is 3.97. The van der Waals surface area contributed by atoms with E-state index in [1.807, 2.05) is 20.2 Å². The quantitative estimate of drug-likeness (QED) is 0.573. The number of ketones is 1. The minimum atomic E-state index is -1.02. The van der Waals surface area contributed by atoms with E-state index in [-0.39, 0.29) is 23.4 Å². The molecule has 4 rings (SSSR count). The molecule has 31 heavy (non-hydrogen) atoms. The van der Waals surface area contributed by atoms with Crippen molar-refractivity contribution in [2.45, 2.75) is 12.5 Å². The average molecular weight is 423 g/mol. The van der Waals surface area contributed by atoms with Gasteiger partial charge in [-0.2, -0.15) is 0 Å². The highest BCUT2D eigenvalue weighted by Gasteiger charge is 2.45. The van der Waals surface area contributed by atoms with Crippen LogP contribution < -0.4 is 4.90 Å². The number of carbonyl (C=O) groups is 2. The summed E-state index contributed by atoms with van der Waals surface area (Å²) < 4.78 is 20.4. The molecule has 6 nitrogen and oxygen atoms in total. The number of aliphatic hydroxyl groups is 1. The number of Topliss-reactive ketones (excluding diaryl/α,β-unsaturated/α-hetero) is 1. The van der Waals surface area contributed by atoms with E-state index in [4.69, 9.17) is 4.42 Å². The first-order valence-electron chi connectivity index (χ1n) is 10.2. The number of hydrogen-bond donors (Lipinski definition) is 2. The summed E-state index contributed by atoms with van der Waals surface area (Å²) in [6.07, 6.45) is 0.637. The lowest BCUT2D eigenvalue weighted by Crippen LogP contribution is -3.05. The van der Waals surface area contributed by atoms with Crippen LogP contribution in [-0.2, 0) is 4.79 Å². The van der Waals surface area contributed by atoms with E-state index in [0.717, 1.165) is 11.9 Å². The number of aliphatic hydroxyl groups excluding tert-OH is 1. The molecule has 0 saturated carbocycles. The highest BCUT2D eigenvalue weighted by atomic mass is 19.1. The van der Waals surface area contributed by atoms with Crippen LogP contribution in [0.25, 0.3) is 11.0 Å². The van der Waals surface area contributed by atoms with Crippen LogP contribution in [0.3, 0.4) is 0 Å². The number of hydrogen-bond acceptors (Lipinski definition) is 4. The lowest BCUT2D eigenvalue weighted by atomic mass is 9.94. The van der Waals surface area contributed by atoms with E-state index in [1.54, 1.807) is 36.4 Å². The Bertz CT molecular complexity index is 1150. The molecule has 1 aliphatic heterocycles. The molecule has 0 bridgehead atoms. The molecule has 0 fully saturated rings. The fourth-order valence-corrected chi connectivity index (χ4v) is 3.97. The molecule has 2 N–H and O–H groups in total. The highest BCUT2D eigenvalue weighted by molar-refractivity contribution is 6.16. The van der Waals surface area contributed by atoms with Gasteiger partial charge in [-0.3, -0.25) is 9.59 Å². The van der Waals surface area contributed by atoms with Crippen LogP contribution in [-0.4, -0.2) is 48.9 Å². The smallest absolute Gasteiger partial charge is 0.290 e. The van der Waals surface area contributed by atoms with Crippen LogP contribution in [0.2, 0.25) is 0 Å². The van der Waals surface area contributed by atoms with Crippen LogP contribution in [0, 0.1) is 5.82 Å². The number of benzene rings is 2. The van der Waals surface area contributed by atoms with Crippen LogP contribution in [0.5, 0.6) is 0 Å². The van der Waals surface area contributed by atoms with Gasteiger partial charge < -0.3 is 19.3 Å². The molecule has 0 saturated heterocycles. The Morgan fingerprint density at radius 1 is 1.16 bits per heavy atom. The number of nitrogens with zero attached hydrogens (tertiary/aromatic N) is 1. The van der Waals surface area contributed by atoms with Gasteiger partial charge in [0, 0.05) is 23.9 Å². The molecule has 7 heteroatoms. The highest BCUT2D eigenvalue weighted by Crippen LogP contribution is 2.40. The predicted octanol–water partition coefficient (Wildman–Crippen LogP) is 2.68. The van der Waals surface area contributed by atoms with Crippen LogP contribution in [0.4, 0.5) is 4.39 Å². The summed E-state index contributed by atoms with van der Waals surface area (Å²) in [6.45, 7) is 1.06. The molecule has 1 atom stereocenters. The number of fused-ring (bicyclic) bond motifs is 1. The van der Waals surface area contributed by atoms with Gasteiger partial charge in [-0.05, 0) is 18.2 Å². The SMILES string of the molecule is C[NH+](C)CCCN1C(=O)C(O)=C(C(=O)c2cc3ccccc3o2)[C@@H]1c1ccccc1F. The number of quaternary nitrogens is 1. The molecular weight excluding hydrogens is 399 g/mol. The van der Waals surface area contributed by atoms with E-state index in [1.165, 1.54) is 21.9 Å². The number of rotatable bonds is 7. The second kappa shape index (κ2) is 8.35. The summed E-state index contributed by atoms with van der Waals surface area (Å²) >= 11 is 0. The number of furan rings is 1. The Morgan fingerprint density at radius 2 is 1.87 bits per heavy atom. The molecule has 0 unspecified atom stereocenters. The minimum Gasteiger partial charge on any atom is -0.503 e. The maximum atomic E-state index is 14.7. The minimum absolute atomic E-state index is 0.00326. The summed E-state index contributed by atoms with van der Waals surface area (Å²) in [5, 5.41) is 11.4. The maximum Gasteiger partial charge on any atom is 0.290 e. The van der Waals surface area contributed by atoms with Crippen molar-refractivity contribution in [1.29, 1.82) is 0 Å². The van der Waals surface area contributed by atoms with E-state index < -0.39 is 29.3 Å². The number of carbonyl (C=O) groups excluding carboxylic acids is 2. The molecule has 0 radical (unpaired) electrons. The zero-order valence-corrected chi connectivity index (χ0v) is 17.4. The number of nitrogens with one attached hydrogen (secondary N) is 1. The van der Waals surface area contributed by atoms with Crippen LogP contribution in [0.15, 0.2) is 70.3 Å². The monoisotopic (exact) mass is 423 g/mol. The van der Waals surface area contributed by atoms with Gasteiger partial charge in [-0.1, -0.05) is 36.4 Å². The van der Waals surface area contributed by atoms with Gasteiger partial charge in [0.15, 0.2) is 11.5 Å². The maximum absolute atomic E-state index is 14.7. The molecule has 0 aliphatic carbocycles. The van der Waals surface area contributed by atoms with Gasteiger partial charge in [-0.25, -0.2) is 4.39 Å². The third-order valence-corrected chi connectivity index (χ3v) is 5.47. The third kappa shape index (κ3) is 3.84. The summed E-state index contributed by atoms with van der Waals surface area (Å²) in [4.78, 5) is 28.8. The third-order valence-electron chi connectivity index (χ3n) is 5.47. The van der Waals surface area contributed by atoms with Gasteiger partial charge in [0.2, 0.25) is 5.78 Å². The van der Waals surface area contributed by atoms with E-state index in [0.29, 0.717) is 12.0 Å². The first-order chi connectivity index (χ1) is 14.9. The van der Waals surface area contributed by atoms with E-state index in [9.17, 15) is 19.1 Å². The van der Waals surface area contributed by atoms with Crippen molar-refractivity contribution < 1.29 is 28.4 Å². The summed E-state index contributed by atoms with van der Waals surface area (Å²) in [6, 6.07) is 13.7. The molecular formula is C24H24FN2O4+. The van der Waals surface area contributed by atoms with Crippen molar-refractivity contribution in [3.05, 3.63) is 83.1 Å². The molecule has 1 aromatic heterocycles. The lowest BCUT2D eigenvalue weighted by Gasteiger charge is -2.27. The van der Waals surface area contributed by atoms with E-state index in [2.05, 4.69) is 0 Å². The first-order valence-corrected chi connectivity index (χ1v) is 10.2. The Balaban J connectivity index is 1.76. The van der Waals surface area contributed by atoms with Gasteiger partial charge in [0.25, 0.3) is 5.91 Å². The van der Waals surface area contributed by atoms with Crippen molar-refractivity contribution in [1.82, 2.24) is 4.90 Å². The summed E-state index contributed by atoms with van der Waals surface area (Å²) in [7, 11) is 3.98. The Hall–Kier alpha value is -3.45. The van der Waals surface area contributed by atoms with Gasteiger partial charge >= 0.3 is 0 Å². The van der Waals surface area contributed by atoms with Gasteiger partial charge in [-0.15, -0.1) is 0 Å². The van der Waals surface area contributed by atoms with Gasteiger partial charge in [0.05, 0.1) is 32.3 Å². The molecule has 1 aliphatic rings. The zero-order valence-electron chi connectivity index (χ0n) is 17.4. The Morgan fingerprint density at radius 3 is 2.58 bits per heavy atom. The van der Waals surface area contributed by atoms with Crippen molar-refractivity contribution in [3.8, 4) is 0 Å². The van der Waals surface area contributed by atoms with E-state index >= 15 is 0 Å². The summed E-state index contributed by atoms with van der Waals surface area (Å²) in [5.41, 5.74) is 0.520. The topological polar surface area (TPSA) is 75.2 Å². The summed E-state index contributed by atoms with van der Waals surface area (Å²) in [5.74, 6) is -2.52.